The van der Waals surface area contributed by atoms with Gasteiger partial charge in [-0.25, -0.2) is 0 Å². The molecule has 1 fully saturated rings. The molecule has 0 aliphatic carbocycles. The van der Waals surface area contributed by atoms with Crippen LogP contribution in [0.15, 0.2) is 22.7 Å². The summed E-state index contributed by atoms with van der Waals surface area (Å²) in [5.74, 6) is 0.859. The van der Waals surface area contributed by atoms with Crippen molar-refractivity contribution >= 4 is 21.6 Å². The van der Waals surface area contributed by atoms with Gasteiger partial charge in [0.25, 0.3) is 0 Å². The minimum absolute atomic E-state index is 0.755. The van der Waals surface area contributed by atoms with Crippen LogP contribution < -0.4 is 10.2 Å². The van der Waals surface area contributed by atoms with Crippen molar-refractivity contribution in [3.8, 4) is 0 Å². The Bertz CT molecular complexity index is 425. The molecule has 1 aromatic carbocycles. The molecule has 1 N–H and O–H groups in total. The number of hydrogen-bond acceptors (Lipinski definition) is 3. The Kier molecular flexibility index (Phi) is 6.33. The standard InChI is InChI=1S/C16H25BrN2O/c1-3-13-6-8-19(12-13)16-5-4-14(10-15(16)17)11-18-7-9-20-2/h4-5,10,13,18H,3,6-9,11-12H2,1-2H3. The van der Waals surface area contributed by atoms with E-state index in [0.29, 0.717) is 0 Å². The Hall–Kier alpha value is -0.580. The van der Waals surface area contributed by atoms with E-state index < -0.39 is 0 Å². The zero-order valence-electron chi connectivity index (χ0n) is 12.5. The molecular formula is C16H25BrN2O. The monoisotopic (exact) mass is 340 g/mol. The third-order valence-electron chi connectivity index (χ3n) is 4.03. The summed E-state index contributed by atoms with van der Waals surface area (Å²) in [4.78, 5) is 2.50. The summed E-state index contributed by atoms with van der Waals surface area (Å²) in [5, 5.41) is 3.38. The maximum Gasteiger partial charge on any atom is 0.0587 e. The van der Waals surface area contributed by atoms with Crippen LogP contribution >= 0.6 is 15.9 Å². The highest BCUT2D eigenvalue weighted by Gasteiger charge is 2.22. The van der Waals surface area contributed by atoms with E-state index in [2.05, 4.69) is 51.3 Å². The SMILES string of the molecule is CCC1CCN(c2ccc(CNCCOC)cc2Br)C1. The van der Waals surface area contributed by atoms with E-state index in [1.807, 2.05) is 0 Å². The number of hydrogen-bond donors (Lipinski definition) is 1. The van der Waals surface area contributed by atoms with Gasteiger partial charge in [0, 0.05) is 37.8 Å². The average molecular weight is 341 g/mol. The zero-order chi connectivity index (χ0) is 14.4. The van der Waals surface area contributed by atoms with Gasteiger partial charge in [0.05, 0.1) is 12.3 Å². The van der Waals surface area contributed by atoms with Crippen molar-refractivity contribution in [2.45, 2.75) is 26.3 Å². The van der Waals surface area contributed by atoms with Gasteiger partial charge >= 0.3 is 0 Å². The fourth-order valence-corrected chi connectivity index (χ4v) is 3.39. The van der Waals surface area contributed by atoms with E-state index >= 15 is 0 Å². The number of anilines is 1. The molecule has 1 saturated heterocycles. The molecule has 2 rings (SSSR count). The molecule has 1 heterocycles. The van der Waals surface area contributed by atoms with Crippen LogP contribution in [-0.2, 0) is 11.3 Å². The van der Waals surface area contributed by atoms with Crippen LogP contribution in [0.1, 0.15) is 25.3 Å². The first kappa shape index (κ1) is 15.8. The second-order valence-corrected chi connectivity index (χ2v) is 6.32. The molecular weight excluding hydrogens is 316 g/mol. The Morgan fingerprint density at radius 3 is 2.95 bits per heavy atom. The first-order valence-electron chi connectivity index (χ1n) is 7.47. The fourth-order valence-electron chi connectivity index (χ4n) is 2.71. The van der Waals surface area contributed by atoms with Crippen molar-refractivity contribution in [2.24, 2.45) is 5.92 Å². The Morgan fingerprint density at radius 2 is 2.30 bits per heavy atom. The number of rotatable bonds is 7. The summed E-state index contributed by atoms with van der Waals surface area (Å²) in [7, 11) is 1.73. The molecule has 1 aliphatic rings. The summed E-state index contributed by atoms with van der Waals surface area (Å²) in [5.41, 5.74) is 2.64. The first-order chi connectivity index (χ1) is 9.74. The molecule has 1 aliphatic heterocycles. The van der Waals surface area contributed by atoms with Crippen LogP contribution in [0.4, 0.5) is 5.69 Å². The van der Waals surface area contributed by atoms with E-state index in [9.17, 15) is 0 Å². The highest BCUT2D eigenvalue weighted by molar-refractivity contribution is 9.10. The van der Waals surface area contributed by atoms with Crippen molar-refractivity contribution in [2.75, 3.05) is 38.3 Å². The third-order valence-corrected chi connectivity index (χ3v) is 4.66. The number of methoxy groups -OCH3 is 1. The molecule has 1 atom stereocenters. The van der Waals surface area contributed by atoms with Crippen molar-refractivity contribution in [3.05, 3.63) is 28.2 Å². The molecule has 1 aromatic rings. The highest BCUT2D eigenvalue weighted by atomic mass is 79.9. The van der Waals surface area contributed by atoms with Crippen molar-refractivity contribution in [1.29, 1.82) is 0 Å². The second-order valence-electron chi connectivity index (χ2n) is 5.46. The predicted octanol–water partition coefficient (Wildman–Crippen LogP) is 3.42. The second kappa shape index (κ2) is 8.01. The summed E-state index contributed by atoms with van der Waals surface area (Å²) in [6.07, 6.45) is 2.61. The molecule has 112 valence electrons. The zero-order valence-corrected chi connectivity index (χ0v) is 14.1. The van der Waals surface area contributed by atoms with Gasteiger partial charge in [-0.05, 0) is 46.0 Å². The molecule has 0 aromatic heterocycles. The lowest BCUT2D eigenvalue weighted by Gasteiger charge is -2.21. The summed E-state index contributed by atoms with van der Waals surface area (Å²) in [6.45, 7) is 7.20. The first-order valence-corrected chi connectivity index (χ1v) is 8.27. The van der Waals surface area contributed by atoms with E-state index in [-0.39, 0.29) is 0 Å². The number of nitrogens with one attached hydrogen (secondary N) is 1. The number of ether oxygens (including phenoxy) is 1. The molecule has 0 radical (unpaired) electrons. The van der Waals surface area contributed by atoms with Crippen molar-refractivity contribution < 1.29 is 4.74 Å². The van der Waals surface area contributed by atoms with E-state index in [4.69, 9.17) is 4.74 Å². The van der Waals surface area contributed by atoms with Crippen LogP contribution in [0.25, 0.3) is 0 Å². The molecule has 0 spiro atoms. The van der Waals surface area contributed by atoms with Crippen LogP contribution in [0, 0.1) is 5.92 Å². The summed E-state index contributed by atoms with van der Waals surface area (Å²) < 4.78 is 6.24. The van der Waals surface area contributed by atoms with Crippen LogP contribution in [0.2, 0.25) is 0 Å². The topological polar surface area (TPSA) is 24.5 Å². The average Bonchev–Trinajstić information content (AvgIpc) is 2.92. The van der Waals surface area contributed by atoms with E-state index in [1.165, 1.54) is 41.7 Å². The summed E-state index contributed by atoms with van der Waals surface area (Å²) >= 11 is 3.73. The minimum atomic E-state index is 0.755. The third kappa shape index (κ3) is 4.21. The van der Waals surface area contributed by atoms with Crippen LogP contribution in [0.3, 0.4) is 0 Å². The lowest BCUT2D eigenvalue weighted by Crippen LogP contribution is -2.21. The molecule has 4 heteroatoms. The smallest absolute Gasteiger partial charge is 0.0587 e. The van der Waals surface area contributed by atoms with Gasteiger partial charge < -0.3 is 15.0 Å². The molecule has 0 bridgehead atoms. The van der Waals surface area contributed by atoms with Gasteiger partial charge in [-0.3, -0.25) is 0 Å². The van der Waals surface area contributed by atoms with Gasteiger partial charge in [-0.1, -0.05) is 19.4 Å². The predicted molar refractivity (Wildman–Crippen MR) is 88.3 cm³/mol. The minimum Gasteiger partial charge on any atom is -0.383 e. The number of halogens is 1. The Morgan fingerprint density at radius 1 is 1.45 bits per heavy atom. The lowest BCUT2D eigenvalue weighted by atomic mass is 10.1. The summed E-state index contributed by atoms with van der Waals surface area (Å²) in [6, 6.07) is 6.70. The normalized spacial score (nSPS) is 18.8. The van der Waals surface area contributed by atoms with E-state index in [0.717, 1.165) is 25.6 Å². The van der Waals surface area contributed by atoms with E-state index in [1.54, 1.807) is 7.11 Å². The van der Waals surface area contributed by atoms with Gasteiger partial charge in [0.2, 0.25) is 0 Å². The fraction of sp³-hybridized carbons (Fsp3) is 0.625. The Balaban J connectivity index is 1.92. The molecule has 20 heavy (non-hydrogen) atoms. The molecule has 0 saturated carbocycles. The number of nitrogens with zero attached hydrogens (tertiary/aromatic N) is 1. The maximum absolute atomic E-state index is 5.03. The lowest BCUT2D eigenvalue weighted by molar-refractivity contribution is 0.199. The maximum atomic E-state index is 5.03. The molecule has 3 nitrogen and oxygen atoms in total. The van der Waals surface area contributed by atoms with Gasteiger partial charge in [-0.2, -0.15) is 0 Å². The van der Waals surface area contributed by atoms with Gasteiger partial charge in [0.15, 0.2) is 0 Å². The molecule has 1 unspecified atom stereocenters. The number of benzene rings is 1. The largest absolute Gasteiger partial charge is 0.383 e. The quantitative estimate of drug-likeness (QED) is 0.769. The van der Waals surface area contributed by atoms with Crippen molar-refractivity contribution in [3.63, 3.8) is 0 Å². The van der Waals surface area contributed by atoms with Crippen molar-refractivity contribution in [1.82, 2.24) is 5.32 Å². The highest BCUT2D eigenvalue weighted by Crippen LogP contribution is 2.32. The van der Waals surface area contributed by atoms with Crippen LogP contribution in [0.5, 0.6) is 0 Å². The van der Waals surface area contributed by atoms with Crippen LogP contribution in [-0.4, -0.2) is 33.4 Å². The van der Waals surface area contributed by atoms with Gasteiger partial charge in [-0.15, -0.1) is 0 Å². The Labute approximate surface area is 130 Å². The van der Waals surface area contributed by atoms with Gasteiger partial charge in [0.1, 0.15) is 0 Å². The molecule has 0 amide bonds.